The number of ketones is 1. The predicted octanol–water partition coefficient (Wildman–Crippen LogP) is 2.64. The van der Waals surface area contributed by atoms with Crippen LogP contribution in [-0.4, -0.2) is 10.9 Å². The Bertz CT molecular complexity index is 344. The number of benzene rings is 1. The van der Waals surface area contributed by atoms with E-state index in [0.29, 0.717) is 5.56 Å². The number of hydrogen-bond acceptors (Lipinski definition) is 2. The van der Waals surface area contributed by atoms with Gasteiger partial charge in [-0.3, -0.25) is 4.79 Å². The van der Waals surface area contributed by atoms with Crippen molar-refractivity contribution >= 4 is 5.78 Å². The Kier molecular flexibility index (Phi) is 3.30. The largest absolute Gasteiger partial charge is 0.381 e. The zero-order chi connectivity index (χ0) is 11.6. The highest BCUT2D eigenvalue weighted by Gasteiger charge is 2.28. The van der Waals surface area contributed by atoms with E-state index in [0.717, 1.165) is 5.56 Å². The van der Waals surface area contributed by atoms with Crippen LogP contribution >= 0.6 is 0 Å². The number of carbonyl (C=O) groups excluding carboxylic acids is 1. The van der Waals surface area contributed by atoms with Crippen LogP contribution in [0.25, 0.3) is 0 Å². The summed E-state index contributed by atoms with van der Waals surface area (Å²) >= 11 is 0. The molecule has 1 N–H and O–H groups in total. The van der Waals surface area contributed by atoms with Crippen LogP contribution in [0.5, 0.6) is 0 Å². The summed E-state index contributed by atoms with van der Waals surface area (Å²) in [5.74, 6) is -0.147. The third-order valence-electron chi connectivity index (χ3n) is 2.38. The van der Waals surface area contributed by atoms with Crippen LogP contribution in [-0.2, 0) is 4.79 Å². The van der Waals surface area contributed by atoms with Crippen molar-refractivity contribution in [3.8, 4) is 0 Å². The molecule has 1 aromatic rings. The summed E-state index contributed by atoms with van der Waals surface area (Å²) in [6.07, 6.45) is -1.01. The fourth-order valence-electron chi connectivity index (χ4n) is 1.31. The zero-order valence-electron chi connectivity index (χ0n) is 9.74. The maximum atomic E-state index is 11.8. The van der Waals surface area contributed by atoms with Crippen molar-refractivity contribution in [2.24, 2.45) is 5.41 Å². The summed E-state index contributed by atoms with van der Waals surface area (Å²) in [5, 5.41) is 9.87. The molecule has 0 unspecified atom stereocenters. The molecule has 0 aliphatic rings. The summed E-state index contributed by atoms with van der Waals surface area (Å²) in [6.45, 7) is 7.41. The van der Waals surface area contributed by atoms with Crippen LogP contribution in [0.1, 0.15) is 38.0 Å². The SMILES string of the molecule is Cc1ccc([C@@H](O)C(=O)C(C)(C)C)cc1. The van der Waals surface area contributed by atoms with Gasteiger partial charge in [0.05, 0.1) is 0 Å². The van der Waals surface area contributed by atoms with Crippen LogP contribution in [0.4, 0.5) is 0 Å². The second-order valence-electron chi connectivity index (χ2n) is 4.93. The quantitative estimate of drug-likeness (QED) is 0.807. The van der Waals surface area contributed by atoms with Gasteiger partial charge in [-0.2, -0.15) is 0 Å². The number of Topliss-reactive ketones (excluding diaryl/α,β-unsaturated/α-hetero) is 1. The predicted molar refractivity (Wildman–Crippen MR) is 60.6 cm³/mol. The summed E-state index contributed by atoms with van der Waals surface area (Å²) in [6, 6.07) is 7.39. The Morgan fingerprint density at radius 2 is 1.67 bits per heavy atom. The average Bonchev–Trinajstić information content (AvgIpc) is 2.15. The highest BCUT2D eigenvalue weighted by Crippen LogP contribution is 2.25. The highest BCUT2D eigenvalue weighted by atomic mass is 16.3. The molecule has 1 atom stereocenters. The van der Waals surface area contributed by atoms with E-state index in [-0.39, 0.29) is 5.78 Å². The molecule has 15 heavy (non-hydrogen) atoms. The van der Waals surface area contributed by atoms with Gasteiger partial charge in [0.25, 0.3) is 0 Å². The monoisotopic (exact) mass is 206 g/mol. The first kappa shape index (κ1) is 11.9. The maximum absolute atomic E-state index is 11.8. The lowest BCUT2D eigenvalue weighted by atomic mass is 9.85. The van der Waals surface area contributed by atoms with Crippen molar-refractivity contribution in [2.75, 3.05) is 0 Å². The standard InChI is InChI=1S/C13H18O2/c1-9-5-7-10(8-6-9)11(14)12(15)13(2,3)4/h5-8,11,14H,1-4H3/t11-/m1/s1. The molecule has 2 nitrogen and oxygen atoms in total. The van der Waals surface area contributed by atoms with E-state index in [9.17, 15) is 9.90 Å². The minimum absolute atomic E-state index is 0.147. The molecule has 82 valence electrons. The van der Waals surface area contributed by atoms with Gasteiger partial charge in [0.2, 0.25) is 0 Å². The summed E-state index contributed by atoms with van der Waals surface area (Å²) in [5.41, 5.74) is 1.28. The van der Waals surface area contributed by atoms with Gasteiger partial charge in [-0.1, -0.05) is 50.6 Å². The fraction of sp³-hybridized carbons (Fsp3) is 0.462. The van der Waals surface area contributed by atoms with Gasteiger partial charge in [-0.05, 0) is 12.5 Å². The summed E-state index contributed by atoms with van der Waals surface area (Å²) in [4.78, 5) is 11.8. The molecule has 1 rings (SSSR count). The molecule has 2 heteroatoms. The first-order valence-corrected chi connectivity index (χ1v) is 5.11. The van der Waals surface area contributed by atoms with Crippen LogP contribution < -0.4 is 0 Å². The molecule has 0 heterocycles. The zero-order valence-corrected chi connectivity index (χ0v) is 9.74. The molecule has 0 aromatic heterocycles. The second-order valence-corrected chi connectivity index (χ2v) is 4.93. The van der Waals surface area contributed by atoms with Crippen molar-refractivity contribution in [2.45, 2.75) is 33.8 Å². The van der Waals surface area contributed by atoms with Crippen molar-refractivity contribution < 1.29 is 9.90 Å². The van der Waals surface area contributed by atoms with Crippen LogP contribution in [0.3, 0.4) is 0 Å². The maximum Gasteiger partial charge on any atom is 0.171 e. The first-order chi connectivity index (χ1) is 6.82. The Labute approximate surface area is 90.9 Å². The fourth-order valence-corrected chi connectivity index (χ4v) is 1.31. The van der Waals surface area contributed by atoms with E-state index in [1.165, 1.54) is 0 Å². The minimum atomic E-state index is -1.01. The van der Waals surface area contributed by atoms with E-state index in [1.807, 2.05) is 39.8 Å². The summed E-state index contributed by atoms with van der Waals surface area (Å²) in [7, 11) is 0. The van der Waals surface area contributed by atoms with E-state index < -0.39 is 11.5 Å². The van der Waals surface area contributed by atoms with Crippen LogP contribution in [0.15, 0.2) is 24.3 Å². The topological polar surface area (TPSA) is 37.3 Å². The van der Waals surface area contributed by atoms with Gasteiger partial charge in [0.15, 0.2) is 5.78 Å². The molecule has 0 saturated heterocycles. The molecule has 0 aliphatic heterocycles. The number of aliphatic hydroxyl groups is 1. The Morgan fingerprint density at radius 1 is 1.20 bits per heavy atom. The van der Waals surface area contributed by atoms with E-state index >= 15 is 0 Å². The van der Waals surface area contributed by atoms with Crippen LogP contribution in [0.2, 0.25) is 0 Å². The average molecular weight is 206 g/mol. The molecular weight excluding hydrogens is 188 g/mol. The Hall–Kier alpha value is -1.15. The first-order valence-electron chi connectivity index (χ1n) is 5.11. The molecule has 0 radical (unpaired) electrons. The van der Waals surface area contributed by atoms with Gasteiger partial charge < -0.3 is 5.11 Å². The molecule has 0 aliphatic carbocycles. The van der Waals surface area contributed by atoms with E-state index in [2.05, 4.69) is 0 Å². The van der Waals surface area contributed by atoms with Gasteiger partial charge in [0.1, 0.15) is 6.10 Å². The van der Waals surface area contributed by atoms with E-state index in [1.54, 1.807) is 12.1 Å². The molecule has 1 aromatic carbocycles. The smallest absolute Gasteiger partial charge is 0.171 e. The molecule has 0 fully saturated rings. The lowest BCUT2D eigenvalue weighted by Crippen LogP contribution is -2.26. The van der Waals surface area contributed by atoms with Gasteiger partial charge >= 0.3 is 0 Å². The molecule has 0 saturated carbocycles. The third-order valence-corrected chi connectivity index (χ3v) is 2.38. The lowest BCUT2D eigenvalue weighted by Gasteiger charge is -2.21. The highest BCUT2D eigenvalue weighted by molar-refractivity contribution is 5.88. The van der Waals surface area contributed by atoms with Gasteiger partial charge in [-0.25, -0.2) is 0 Å². The Morgan fingerprint density at radius 3 is 2.07 bits per heavy atom. The van der Waals surface area contributed by atoms with Gasteiger partial charge in [-0.15, -0.1) is 0 Å². The van der Waals surface area contributed by atoms with Crippen molar-refractivity contribution in [3.63, 3.8) is 0 Å². The second kappa shape index (κ2) is 4.15. The number of carbonyl (C=O) groups is 1. The van der Waals surface area contributed by atoms with E-state index in [4.69, 9.17) is 0 Å². The number of rotatable bonds is 2. The third kappa shape index (κ3) is 2.90. The number of aliphatic hydroxyl groups excluding tert-OH is 1. The minimum Gasteiger partial charge on any atom is -0.381 e. The molecule has 0 spiro atoms. The van der Waals surface area contributed by atoms with Crippen LogP contribution in [0, 0.1) is 12.3 Å². The number of hydrogen-bond donors (Lipinski definition) is 1. The van der Waals surface area contributed by atoms with Crippen molar-refractivity contribution in [1.29, 1.82) is 0 Å². The number of aryl methyl sites for hydroxylation is 1. The lowest BCUT2D eigenvalue weighted by molar-refractivity contribution is -0.135. The molecular formula is C13H18O2. The van der Waals surface area contributed by atoms with Gasteiger partial charge in [0, 0.05) is 5.41 Å². The van der Waals surface area contributed by atoms with Crippen molar-refractivity contribution in [3.05, 3.63) is 35.4 Å². The summed E-state index contributed by atoms with van der Waals surface area (Å²) < 4.78 is 0. The molecule has 0 bridgehead atoms. The van der Waals surface area contributed by atoms with Crippen molar-refractivity contribution in [1.82, 2.24) is 0 Å². The molecule has 0 amide bonds. The Balaban J connectivity index is 2.90. The normalized spacial score (nSPS) is 13.7.